The number of fused-ring (bicyclic) bond motifs is 1. The van der Waals surface area contributed by atoms with Crippen molar-refractivity contribution in [2.45, 2.75) is 6.54 Å². The second kappa shape index (κ2) is 7.11. The molecule has 2 aromatic carbocycles. The van der Waals surface area contributed by atoms with Gasteiger partial charge in [-0.25, -0.2) is 19.2 Å². The van der Waals surface area contributed by atoms with E-state index in [0.717, 1.165) is 16.6 Å². The number of nitrogens with zero attached hydrogens (tertiary/aromatic N) is 4. The van der Waals surface area contributed by atoms with Gasteiger partial charge in [0.25, 0.3) is 0 Å². The molecule has 0 aliphatic rings. The highest BCUT2D eigenvalue weighted by atomic mass is 19.1. The first-order valence-corrected chi connectivity index (χ1v) is 8.66. The molecule has 28 heavy (non-hydrogen) atoms. The fourth-order valence-corrected chi connectivity index (χ4v) is 3.09. The van der Waals surface area contributed by atoms with Gasteiger partial charge < -0.3 is 9.67 Å². The Balaban J connectivity index is 1.78. The summed E-state index contributed by atoms with van der Waals surface area (Å²) < 4.78 is 15.3. The first-order chi connectivity index (χ1) is 13.5. The van der Waals surface area contributed by atoms with Crippen LogP contribution in [0, 0.1) is 5.82 Å². The molecule has 0 saturated carbocycles. The summed E-state index contributed by atoms with van der Waals surface area (Å²) in [5.41, 5.74) is 2.90. The van der Waals surface area contributed by atoms with Crippen LogP contribution >= 0.6 is 0 Å². The summed E-state index contributed by atoms with van der Waals surface area (Å²) >= 11 is 0. The second-order valence-electron chi connectivity index (χ2n) is 6.38. The van der Waals surface area contributed by atoms with Crippen LogP contribution in [0.1, 0.15) is 15.9 Å². The number of rotatable bonds is 5. The summed E-state index contributed by atoms with van der Waals surface area (Å²) in [6.45, 7) is 0.399. The molecule has 2 heterocycles. The SMILES string of the molecule is Cn1c(N(Cc2ccc(C(=O)O)cc2)c2ccc(F)cn2)nc2ccccc21. The van der Waals surface area contributed by atoms with Gasteiger partial charge in [0.1, 0.15) is 11.6 Å². The number of imidazole rings is 1. The third-order valence-electron chi connectivity index (χ3n) is 4.53. The molecule has 0 unspecified atom stereocenters. The van der Waals surface area contributed by atoms with Crippen molar-refractivity contribution in [2.24, 2.45) is 7.05 Å². The maximum atomic E-state index is 13.4. The van der Waals surface area contributed by atoms with Gasteiger partial charge in [-0.3, -0.25) is 4.90 Å². The van der Waals surface area contributed by atoms with Crippen LogP contribution < -0.4 is 4.90 Å². The minimum Gasteiger partial charge on any atom is -0.478 e. The molecule has 1 N–H and O–H groups in total. The number of benzene rings is 2. The van der Waals surface area contributed by atoms with Crippen LogP contribution in [-0.2, 0) is 13.6 Å². The molecule has 0 bridgehead atoms. The maximum Gasteiger partial charge on any atom is 0.335 e. The minimum atomic E-state index is -0.973. The topological polar surface area (TPSA) is 71.2 Å². The molecular weight excluding hydrogens is 359 g/mol. The van der Waals surface area contributed by atoms with E-state index in [2.05, 4.69) is 4.98 Å². The molecule has 0 aliphatic carbocycles. The zero-order chi connectivity index (χ0) is 19.7. The van der Waals surface area contributed by atoms with Crippen molar-refractivity contribution >= 4 is 28.8 Å². The number of aromatic nitrogens is 3. The molecule has 4 rings (SSSR count). The van der Waals surface area contributed by atoms with Crippen LogP contribution in [0.25, 0.3) is 11.0 Å². The molecule has 0 spiro atoms. The van der Waals surface area contributed by atoms with Gasteiger partial charge in [0.15, 0.2) is 0 Å². The van der Waals surface area contributed by atoms with Gasteiger partial charge in [0.2, 0.25) is 5.95 Å². The van der Waals surface area contributed by atoms with E-state index in [9.17, 15) is 9.18 Å². The summed E-state index contributed by atoms with van der Waals surface area (Å²) in [5.74, 6) is -0.191. The molecule has 2 aromatic heterocycles. The zero-order valence-electron chi connectivity index (χ0n) is 15.1. The van der Waals surface area contributed by atoms with Crippen molar-refractivity contribution in [3.05, 3.63) is 83.8 Å². The van der Waals surface area contributed by atoms with Crippen molar-refractivity contribution in [2.75, 3.05) is 4.90 Å². The lowest BCUT2D eigenvalue weighted by Gasteiger charge is -2.23. The van der Waals surface area contributed by atoms with Gasteiger partial charge in [-0.15, -0.1) is 0 Å². The number of pyridine rings is 1. The van der Waals surface area contributed by atoms with Gasteiger partial charge in [-0.1, -0.05) is 24.3 Å². The number of carboxylic acid groups (broad SMARTS) is 1. The Hall–Kier alpha value is -3.74. The fourth-order valence-electron chi connectivity index (χ4n) is 3.09. The smallest absolute Gasteiger partial charge is 0.335 e. The number of para-hydroxylation sites is 2. The molecule has 140 valence electrons. The van der Waals surface area contributed by atoms with E-state index in [1.54, 1.807) is 30.3 Å². The van der Waals surface area contributed by atoms with E-state index in [1.807, 2.05) is 40.8 Å². The lowest BCUT2D eigenvalue weighted by atomic mass is 10.1. The van der Waals surface area contributed by atoms with E-state index in [4.69, 9.17) is 10.1 Å². The van der Waals surface area contributed by atoms with Crippen molar-refractivity contribution < 1.29 is 14.3 Å². The fraction of sp³-hybridized carbons (Fsp3) is 0.0952. The van der Waals surface area contributed by atoms with Crippen molar-refractivity contribution in [3.8, 4) is 0 Å². The quantitative estimate of drug-likeness (QED) is 0.567. The predicted molar refractivity (Wildman–Crippen MR) is 104 cm³/mol. The number of carboxylic acids is 1. The van der Waals surface area contributed by atoms with Gasteiger partial charge in [0.05, 0.1) is 29.3 Å². The maximum absolute atomic E-state index is 13.4. The van der Waals surface area contributed by atoms with Gasteiger partial charge in [-0.2, -0.15) is 0 Å². The summed E-state index contributed by atoms with van der Waals surface area (Å²) in [5, 5.41) is 9.09. The van der Waals surface area contributed by atoms with E-state index in [-0.39, 0.29) is 5.56 Å². The van der Waals surface area contributed by atoms with Crippen LogP contribution in [0.4, 0.5) is 16.2 Å². The summed E-state index contributed by atoms with van der Waals surface area (Å²) in [4.78, 5) is 21.9. The first kappa shape index (κ1) is 17.7. The molecule has 0 aliphatic heterocycles. The number of hydrogen-bond acceptors (Lipinski definition) is 4. The highest BCUT2D eigenvalue weighted by Gasteiger charge is 2.19. The van der Waals surface area contributed by atoms with E-state index < -0.39 is 11.8 Å². The third kappa shape index (κ3) is 3.29. The normalized spacial score (nSPS) is 10.9. The highest BCUT2D eigenvalue weighted by molar-refractivity contribution is 5.87. The lowest BCUT2D eigenvalue weighted by Crippen LogP contribution is -2.21. The Morgan fingerprint density at radius 2 is 1.86 bits per heavy atom. The summed E-state index contributed by atoms with van der Waals surface area (Å²) in [6.07, 6.45) is 1.17. The Labute approximate surface area is 160 Å². The highest BCUT2D eigenvalue weighted by Crippen LogP contribution is 2.28. The van der Waals surface area contributed by atoms with Gasteiger partial charge in [-0.05, 0) is 42.0 Å². The van der Waals surface area contributed by atoms with Crippen molar-refractivity contribution in [1.29, 1.82) is 0 Å². The van der Waals surface area contributed by atoms with Gasteiger partial charge in [0, 0.05) is 7.05 Å². The molecule has 0 saturated heterocycles. The minimum absolute atomic E-state index is 0.220. The molecular formula is C21H17FN4O2. The largest absolute Gasteiger partial charge is 0.478 e. The molecule has 0 amide bonds. The predicted octanol–water partition coefficient (Wildman–Crippen LogP) is 4.14. The number of halogens is 1. The number of hydrogen-bond donors (Lipinski definition) is 1. The average Bonchev–Trinajstić information content (AvgIpc) is 3.04. The molecule has 0 radical (unpaired) electrons. The zero-order valence-corrected chi connectivity index (χ0v) is 15.1. The number of aromatic carboxylic acids is 1. The van der Waals surface area contributed by atoms with Crippen LogP contribution in [-0.4, -0.2) is 25.6 Å². The Bertz CT molecular complexity index is 1140. The number of aryl methyl sites for hydroxylation is 1. The number of carbonyl (C=O) groups is 1. The van der Waals surface area contributed by atoms with E-state index in [0.29, 0.717) is 18.3 Å². The van der Waals surface area contributed by atoms with E-state index in [1.165, 1.54) is 12.3 Å². The molecule has 0 atom stereocenters. The lowest BCUT2D eigenvalue weighted by molar-refractivity contribution is 0.0697. The van der Waals surface area contributed by atoms with Crippen LogP contribution in [0.5, 0.6) is 0 Å². The Morgan fingerprint density at radius 3 is 2.50 bits per heavy atom. The summed E-state index contributed by atoms with van der Waals surface area (Å²) in [6, 6.07) is 17.3. The van der Waals surface area contributed by atoms with Crippen LogP contribution in [0.3, 0.4) is 0 Å². The van der Waals surface area contributed by atoms with E-state index >= 15 is 0 Å². The first-order valence-electron chi connectivity index (χ1n) is 8.66. The number of anilines is 2. The molecule has 7 heteroatoms. The Kier molecular flexibility index (Phi) is 4.49. The van der Waals surface area contributed by atoms with Crippen molar-refractivity contribution in [1.82, 2.24) is 14.5 Å². The average molecular weight is 376 g/mol. The standard InChI is InChI=1S/C21H17FN4O2/c1-25-18-5-3-2-4-17(18)24-21(25)26(19-11-10-16(22)12-23-19)13-14-6-8-15(9-7-14)20(27)28/h2-12H,13H2,1H3,(H,27,28). The molecule has 6 nitrogen and oxygen atoms in total. The van der Waals surface area contributed by atoms with Gasteiger partial charge >= 0.3 is 5.97 Å². The Morgan fingerprint density at radius 1 is 1.11 bits per heavy atom. The molecule has 0 fully saturated rings. The monoisotopic (exact) mass is 376 g/mol. The van der Waals surface area contributed by atoms with Crippen LogP contribution in [0.15, 0.2) is 66.9 Å². The summed E-state index contributed by atoms with van der Waals surface area (Å²) in [7, 11) is 1.91. The molecule has 4 aromatic rings. The second-order valence-corrected chi connectivity index (χ2v) is 6.38. The third-order valence-corrected chi connectivity index (χ3v) is 4.53. The van der Waals surface area contributed by atoms with Crippen LogP contribution in [0.2, 0.25) is 0 Å². The van der Waals surface area contributed by atoms with Crippen molar-refractivity contribution in [3.63, 3.8) is 0 Å².